The summed E-state index contributed by atoms with van der Waals surface area (Å²) in [5.41, 5.74) is 1.58. The fraction of sp³-hybridized carbons (Fsp3) is 0.174. The monoisotopic (exact) mass is 466 g/mol. The normalized spacial score (nSPS) is 13.4. The smallest absolute Gasteiger partial charge is 0.282 e. The van der Waals surface area contributed by atoms with Gasteiger partial charge in [0.25, 0.3) is 11.8 Å². The van der Waals surface area contributed by atoms with Crippen LogP contribution < -0.4 is 9.47 Å². The van der Waals surface area contributed by atoms with Crippen molar-refractivity contribution in [2.24, 2.45) is 5.10 Å². The Labute approximate surface area is 182 Å². The second kappa shape index (κ2) is 8.28. The Morgan fingerprint density at radius 2 is 1.60 bits per heavy atom. The quantitative estimate of drug-likeness (QED) is 0.377. The maximum Gasteiger partial charge on any atom is 0.282 e. The largest absolute Gasteiger partial charge is 0.490 e. The summed E-state index contributed by atoms with van der Waals surface area (Å²) in [6, 6.07) is 14.3. The Bertz CT molecular complexity index is 1140. The summed E-state index contributed by atoms with van der Waals surface area (Å²) in [6.45, 7) is 4.74. The standard InChI is InChI=1S/C23H19BrN2O4/c1-3-29-19-12-14(11-18(24)21(19)30-4-2)13-25-26-22(27)16-9-5-7-15-8-6-10-17(20(15)16)23(26)28/h5-13H,3-4H2,1-2H3. The molecule has 0 spiro atoms. The van der Waals surface area contributed by atoms with Gasteiger partial charge in [-0.2, -0.15) is 10.1 Å². The molecule has 7 heteroatoms. The Morgan fingerprint density at radius 1 is 0.967 bits per heavy atom. The first-order chi connectivity index (χ1) is 14.5. The molecule has 3 aromatic carbocycles. The first-order valence-corrected chi connectivity index (χ1v) is 10.4. The third kappa shape index (κ3) is 3.45. The fourth-order valence-electron chi connectivity index (χ4n) is 3.46. The second-order valence-corrected chi connectivity index (χ2v) is 7.43. The molecular weight excluding hydrogens is 448 g/mol. The molecule has 0 saturated heterocycles. The minimum atomic E-state index is -0.449. The summed E-state index contributed by atoms with van der Waals surface area (Å²) in [5, 5.41) is 6.64. The molecule has 0 bridgehead atoms. The van der Waals surface area contributed by atoms with E-state index in [9.17, 15) is 9.59 Å². The van der Waals surface area contributed by atoms with E-state index in [1.807, 2.05) is 26.0 Å². The van der Waals surface area contributed by atoms with Crippen molar-refractivity contribution < 1.29 is 19.1 Å². The molecule has 1 aliphatic rings. The number of nitrogens with zero attached hydrogens (tertiary/aromatic N) is 2. The molecule has 30 heavy (non-hydrogen) atoms. The number of carbonyl (C=O) groups excluding carboxylic acids is 2. The molecule has 2 amide bonds. The van der Waals surface area contributed by atoms with E-state index in [0.29, 0.717) is 51.3 Å². The molecule has 0 N–H and O–H groups in total. The van der Waals surface area contributed by atoms with Crippen molar-refractivity contribution in [1.82, 2.24) is 5.01 Å². The van der Waals surface area contributed by atoms with Crippen LogP contribution in [0.15, 0.2) is 58.1 Å². The highest BCUT2D eigenvalue weighted by Crippen LogP contribution is 2.37. The molecule has 4 rings (SSSR count). The molecule has 1 aliphatic heterocycles. The van der Waals surface area contributed by atoms with Crippen molar-refractivity contribution in [3.63, 3.8) is 0 Å². The van der Waals surface area contributed by atoms with Crippen molar-refractivity contribution in [2.45, 2.75) is 13.8 Å². The van der Waals surface area contributed by atoms with E-state index in [1.54, 1.807) is 36.4 Å². The van der Waals surface area contributed by atoms with Crippen molar-refractivity contribution >= 4 is 44.7 Å². The number of amides is 2. The zero-order valence-electron chi connectivity index (χ0n) is 16.5. The van der Waals surface area contributed by atoms with Crippen molar-refractivity contribution in [2.75, 3.05) is 13.2 Å². The number of hydrazone groups is 1. The molecule has 0 fully saturated rings. The van der Waals surface area contributed by atoms with Crippen LogP contribution >= 0.6 is 15.9 Å². The lowest BCUT2D eigenvalue weighted by molar-refractivity contribution is 0.0616. The van der Waals surface area contributed by atoms with Gasteiger partial charge in [0.05, 0.1) is 35.0 Å². The van der Waals surface area contributed by atoms with Crippen LogP contribution in [0.4, 0.5) is 0 Å². The van der Waals surface area contributed by atoms with Crippen LogP contribution in [-0.4, -0.2) is 36.3 Å². The van der Waals surface area contributed by atoms with Crippen molar-refractivity contribution in [3.8, 4) is 11.5 Å². The summed E-state index contributed by atoms with van der Waals surface area (Å²) in [5.74, 6) is 0.259. The topological polar surface area (TPSA) is 68.2 Å². The zero-order chi connectivity index (χ0) is 21.3. The van der Waals surface area contributed by atoms with Crippen LogP contribution in [0.25, 0.3) is 10.8 Å². The van der Waals surface area contributed by atoms with Crippen LogP contribution in [0.1, 0.15) is 40.1 Å². The highest BCUT2D eigenvalue weighted by atomic mass is 79.9. The van der Waals surface area contributed by atoms with E-state index in [-0.39, 0.29) is 0 Å². The van der Waals surface area contributed by atoms with E-state index in [2.05, 4.69) is 21.0 Å². The number of hydrogen-bond donors (Lipinski definition) is 0. The van der Waals surface area contributed by atoms with Gasteiger partial charge < -0.3 is 9.47 Å². The van der Waals surface area contributed by atoms with Crippen LogP contribution in [0.2, 0.25) is 0 Å². The van der Waals surface area contributed by atoms with Crippen LogP contribution in [0.3, 0.4) is 0 Å². The molecule has 0 saturated carbocycles. The SMILES string of the molecule is CCOc1cc(C=NN2C(=O)c3cccc4cccc(c34)C2=O)cc(Br)c1OCC. The number of hydrogen-bond acceptors (Lipinski definition) is 5. The Kier molecular flexibility index (Phi) is 5.55. The third-order valence-corrected chi connectivity index (χ3v) is 5.28. The van der Waals surface area contributed by atoms with E-state index < -0.39 is 11.8 Å². The van der Waals surface area contributed by atoms with E-state index >= 15 is 0 Å². The number of imide groups is 1. The average molecular weight is 467 g/mol. The van der Waals surface area contributed by atoms with Gasteiger partial charge in [-0.25, -0.2) is 0 Å². The molecule has 1 heterocycles. The van der Waals surface area contributed by atoms with Crippen molar-refractivity contribution in [1.29, 1.82) is 0 Å². The predicted molar refractivity (Wildman–Crippen MR) is 119 cm³/mol. The summed E-state index contributed by atoms with van der Waals surface area (Å²) in [4.78, 5) is 25.9. The average Bonchev–Trinajstić information content (AvgIpc) is 2.74. The fourth-order valence-corrected chi connectivity index (χ4v) is 4.03. The molecule has 0 unspecified atom stereocenters. The minimum absolute atomic E-state index is 0.449. The van der Waals surface area contributed by atoms with Gasteiger partial charge in [-0.05, 0) is 65.0 Å². The lowest BCUT2D eigenvalue weighted by Crippen LogP contribution is -2.36. The van der Waals surface area contributed by atoms with Gasteiger partial charge in [-0.15, -0.1) is 0 Å². The van der Waals surface area contributed by atoms with Gasteiger partial charge in [-0.3, -0.25) is 9.59 Å². The Hall–Kier alpha value is -3.19. The highest BCUT2D eigenvalue weighted by molar-refractivity contribution is 9.10. The van der Waals surface area contributed by atoms with Gasteiger partial charge in [-0.1, -0.05) is 24.3 Å². The third-order valence-electron chi connectivity index (χ3n) is 4.69. The van der Waals surface area contributed by atoms with E-state index in [1.165, 1.54) is 6.21 Å². The molecule has 0 radical (unpaired) electrons. The number of halogens is 1. The van der Waals surface area contributed by atoms with Crippen molar-refractivity contribution in [3.05, 3.63) is 69.7 Å². The lowest BCUT2D eigenvalue weighted by Gasteiger charge is -2.23. The maximum absolute atomic E-state index is 12.9. The highest BCUT2D eigenvalue weighted by Gasteiger charge is 2.32. The number of rotatable bonds is 6. The number of benzene rings is 3. The summed E-state index contributed by atoms with van der Waals surface area (Å²) >= 11 is 3.49. The van der Waals surface area contributed by atoms with Gasteiger partial charge in [0.15, 0.2) is 11.5 Å². The van der Waals surface area contributed by atoms with Gasteiger partial charge in [0.2, 0.25) is 0 Å². The van der Waals surface area contributed by atoms with Gasteiger partial charge in [0.1, 0.15) is 0 Å². The zero-order valence-corrected chi connectivity index (χ0v) is 18.1. The number of carbonyl (C=O) groups is 2. The molecule has 3 aromatic rings. The molecule has 0 aromatic heterocycles. The second-order valence-electron chi connectivity index (χ2n) is 6.57. The first-order valence-electron chi connectivity index (χ1n) is 9.58. The summed E-state index contributed by atoms with van der Waals surface area (Å²) < 4.78 is 12.0. The minimum Gasteiger partial charge on any atom is -0.490 e. The van der Waals surface area contributed by atoms with E-state index in [4.69, 9.17) is 9.47 Å². The number of ether oxygens (including phenoxy) is 2. The van der Waals surface area contributed by atoms with Gasteiger partial charge >= 0.3 is 0 Å². The maximum atomic E-state index is 12.9. The summed E-state index contributed by atoms with van der Waals surface area (Å²) in [6.07, 6.45) is 1.47. The molecule has 0 atom stereocenters. The molecular formula is C23H19BrN2O4. The van der Waals surface area contributed by atoms with Crippen LogP contribution in [-0.2, 0) is 0 Å². The lowest BCUT2D eigenvalue weighted by atomic mass is 9.95. The first kappa shape index (κ1) is 20.1. The molecule has 0 aliphatic carbocycles. The van der Waals surface area contributed by atoms with Gasteiger partial charge in [0, 0.05) is 5.39 Å². The van der Waals surface area contributed by atoms with Crippen LogP contribution in [0, 0.1) is 0 Å². The molecule has 6 nitrogen and oxygen atoms in total. The van der Waals surface area contributed by atoms with Crippen LogP contribution in [0.5, 0.6) is 11.5 Å². The van der Waals surface area contributed by atoms with E-state index in [0.717, 1.165) is 10.4 Å². The molecule has 152 valence electrons. The Balaban J connectivity index is 1.71. The predicted octanol–water partition coefficient (Wildman–Crippen LogP) is 5.03. The summed E-state index contributed by atoms with van der Waals surface area (Å²) in [7, 11) is 0. The Morgan fingerprint density at radius 3 is 2.20 bits per heavy atom.